The summed E-state index contributed by atoms with van der Waals surface area (Å²) in [5.41, 5.74) is -0.899. The van der Waals surface area contributed by atoms with E-state index in [9.17, 15) is 9.59 Å². The van der Waals surface area contributed by atoms with Crippen LogP contribution >= 0.6 is 0 Å². The first-order valence-electron chi connectivity index (χ1n) is 4.70. The van der Waals surface area contributed by atoms with Crippen LogP contribution in [0.3, 0.4) is 0 Å². The zero-order chi connectivity index (χ0) is 10.5. The quantitative estimate of drug-likeness (QED) is 0.487. The summed E-state index contributed by atoms with van der Waals surface area (Å²) in [5.74, 6) is -0.422. The van der Waals surface area contributed by atoms with Crippen LogP contribution in [0.5, 0.6) is 0 Å². The zero-order valence-corrected chi connectivity index (χ0v) is 8.85. The third-order valence-corrected chi connectivity index (χ3v) is 2.64. The Balaban J connectivity index is 4.90. The van der Waals surface area contributed by atoms with Crippen LogP contribution in [-0.2, 0) is 14.3 Å². The van der Waals surface area contributed by atoms with Crippen LogP contribution in [-0.4, -0.2) is 18.9 Å². The van der Waals surface area contributed by atoms with Gasteiger partial charge in [-0.3, -0.25) is 9.59 Å². The normalized spacial score (nSPS) is 11.1. The van der Waals surface area contributed by atoms with E-state index in [1.54, 1.807) is 6.92 Å². The van der Waals surface area contributed by atoms with Gasteiger partial charge in [0, 0.05) is 6.42 Å². The van der Waals surface area contributed by atoms with E-state index in [0.717, 1.165) is 0 Å². The third kappa shape index (κ3) is 2.08. The van der Waals surface area contributed by atoms with Crippen LogP contribution in [0.4, 0.5) is 0 Å². The fourth-order valence-electron chi connectivity index (χ4n) is 1.58. The molecule has 13 heavy (non-hydrogen) atoms. The Kier molecular flexibility index (Phi) is 4.67. The molecular formula is C10H18O3. The largest absolute Gasteiger partial charge is 0.468 e. The molecule has 0 aromatic rings. The van der Waals surface area contributed by atoms with E-state index < -0.39 is 11.4 Å². The van der Waals surface area contributed by atoms with E-state index in [1.165, 1.54) is 7.11 Å². The number of methoxy groups -OCH3 is 1. The minimum Gasteiger partial charge on any atom is -0.468 e. The van der Waals surface area contributed by atoms with Gasteiger partial charge in [0.2, 0.25) is 0 Å². The smallest absolute Gasteiger partial charge is 0.319 e. The van der Waals surface area contributed by atoms with Crippen molar-refractivity contribution in [1.82, 2.24) is 0 Å². The first-order chi connectivity index (χ1) is 6.08. The van der Waals surface area contributed by atoms with Crippen LogP contribution in [0.1, 0.15) is 40.0 Å². The molecule has 76 valence electrons. The van der Waals surface area contributed by atoms with Crippen molar-refractivity contribution in [3.8, 4) is 0 Å². The van der Waals surface area contributed by atoms with Gasteiger partial charge in [0.15, 0.2) is 0 Å². The predicted octanol–water partition coefficient (Wildman–Crippen LogP) is 1.94. The van der Waals surface area contributed by atoms with Crippen molar-refractivity contribution in [2.45, 2.75) is 40.0 Å². The molecule has 0 bridgehead atoms. The van der Waals surface area contributed by atoms with E-state index in [-0.39, 0.29) is 5.78 Å². The van der Waals surface area contributed by atoms with Crippen LogP contribution in [0.2, 0.25) is 0 Å². The van der Waals surface area contributed by atoms with Crippen molar-refractivity contribution >= 4 is 11.8 Å². The Hall–Kier alpha value is -0.860. The van der Waals surface area contributed by atoms with Gasteiger partial charge in [0.25, 0.3) is 0 Å². The van der Waals surface area contributed by atoms with Gasteiger partial charge >= 0.3 is 5.97 Å². The Morgan fingerprint density at radius 1 is 1.15 bits per heavy atom. The molecule has 0 unspecified atom stereocenters. The molecule has 0 aliphatic carbocycles. The fourth-order valence-corrected chi connectivity index (χ4v) is 1.58. The number of hydrogen-bond donors (Lipinski definition) is 0. The molecule has 3 heteroatoms. The summed E-state index contributed by atoms with van der Waals surface area (Å²) in [6, 6.07) is 0. The van der Waals surface area contributed by atoms with E-state index in [2.05, 4.69) is 4.74 Å². The molecule has 0 aliphatic heterocycles. The Bertz CT molecular complexity index is 174. The SMILES string of the molecule is CCC(=O)C(CC)(CC)C(=O)OC. The number of Topliss-reactive ketones (excluding diaryl/α,β-unsaturated/α-hetero) is 1. The van der Waals surface area contributed by atoms with E-state index >= 15 is 0 Å². The summed E-state index contributed by atoms with van der Waals surface area (Å²) in [5, 5.41) is 0. The van der Waals surface area contributed by atoms with Gasteiger partial charge in [0.05, 0.1) is 7.11 Å². The second kappa shape index (κ2) is 5.00. The lowest BCUT2D eigenvalue weighted by Gasteiger charge is -2.26. The molecule has 0 aliphatic rings. The maximum atomic E-state index is 11.6. The molecule has 0 spiro atoms. The number of ether oxygens (including phenoxy) is 1. The Morgan fingerprint density at radius 2 is 1.62 bits per heavy atom. The minimum absolute atomic E-state index is 0.0237. The number of carbonyl (C=O) groups excluding carboxylic acids is 2. The Labute approximate surface area is 79.5 Å². The zero-order valence-electron chi connectivity index (χ0n) is 8.85. The van der Waals surface area contributed by atoms with Crippen LogP contribution in [0.15, 0.2) is 0 Å². The van der Waals surface area contributed by atoms with Crippen molar-refractivity contribution in [2.75, 3.05) is 7.11 Å². The van der Waals surface area contributed by atoms with Gasteiger partial charge in [-0.1, -0.05) is 20.8 Å². The van der Waals surface area contributed by atoms with E-state index in [1.807, 2.05) is 13.8 Å². The van der Waals surface area contributed by atoms with Gasteiger partial charge in [-0.25, -0.2) is 0 Å². The monoisotopic (exact) mass is 186 g/mol. The van der Waals surface area contributed by atoms with Gasteiger partial charge in [-0.2, -0.15) is 0 Å². The highest BCUT2D eigenvalue weighted by atomic mass is 16.5. The summed E-state index contributed by atoms with van der Waals surface area (Å²) in [7, 11) is 1.32. The predicted molar refractivity (Wildman–Crippen MR) is 50.3 cm³/mol. The summed E-state index contributed by atoms with van der Waals surface area (Å²) in [6.07, 6.45) is 1.42. The standard InChI is InChI=1S/C10H18O3/c1-5-8(11)10(6-2,7-3)9(12)13-4/h5-7H2,1-4H3. The van der Waals surface area contributed by atoms with Crippen molar-refractivity contribution in [3.05, 3.63) is 0 Å². The van der Waals surface area contributed by atoms with Gasteiger partial charge in [-0.15, -0.1) is 0 Å². The highest BCUT2D eigenvalue weighted by Crippen LogP contribution is 2.30. The van der Waals surface area contributed by atoms with Crippen LogP contribution < -0.4 is 0 Å². The van der Waals surface area contributed by atoms with Gasteiger partial charge in [0.1, 0.15) is 11.2 Å². The fraction of sp³-hybridized carbons (Fsp3) is 0.800. The maximum absolute atomic E-state index is 11.6. The molecule has 0 saturated carbocycles. The molecule has 0 rings (SSSR count). The van der Waals surface area contributed by atoms with Crippen molar-refractivity contribution in [2.24, 2.45) is 5.41 Å². The third-order valence-electron chi connectivity index (χ3n) is 2.64. The highest BCUT2D eigenvalue weighted by Gasteiger charge is 2.42. The molecule has 0 aromatic carbocycles. The molecule has 0 atom stereocenters. The average molecular weight is 186 g/mol. The molecule has 0 amide bonds. The molecule has 3 nitrogen and oxygen atoms in total. The molecule has 0 radical (unpaired) electrons. The van der Waals surface area contributed by atoms with E-state index in [0.29, 0.717) is 19.3 Å². The first kappa shape index (κ1) is 12.1. The van der Waals surface area contributed by atoms with Crippen molar-refractivity contribution in [3.63, 3.8) is 0 Å². The molecular weight excluding hydrogens is 168 g/mol. The maximum Gasteiger partial charge on any atom is 0.319 e. The summed E-state index contributed by atoms with van der Waals surface area (Å²) in [4.78, 5) is 23.0. The van der Waals surface area contributed by atoms with Gasteiger partial charge in [-0.05, 0) is 12.8 Å². The number of carbonyl (C=O) groups is 2. The van der Waals surface area contributed by atoms with Crippen molar-refractivity contribution < 1.29 is 14.3 Å². The summed E-state index contributed by atoms with van der Waals surface area (Å²) < 4.78 is 4.66. The first-order valence-corrected chi connectivity index (χ1v) is 4.70. The number of hydrogen-bond acceptors (Lipinski definition) is 3. The van der Waals surface area contributed by atoms with Crippen LogP contribution in [0, 0.1) is 5.41 Å². The topological polar surface area (TPSA) is 43.4 Å². The second-order valence-electron chi connectivity index (χ2n) is 3.06. The van der Waals surface area contributed by atoms with Crippen molar-refractivity contribution in [1.29, 1.82) is 0 Å². The van der Waals surface area contributed by atoms with Gasteiger partial charge < -0.3 is 4.74 Å². The second-order valence-corrected chi connectivity index (χ2v) is 3.06. The summed E-state index contributed by atoms with van der Waals surface area (Å²) >= 11 is 0. The summed E-state index contributed by atoms with van der Waals surface area (Å²) in [6.45, 7) is 5.45. The minimum atomic E-state index is -0.899. The number of rotatable bonds is 5. The lowest BCUT2D eigenvalue weighted by atomic mass is 9.77. The lowest BCUT2D eigenvalue weighted by Crippen LogP contribution is -2.38. The Morgan fingerprint density at radius 3 is 1.85 bits per heavy atom. The molecule has 0 fully saturated rings. The molecule has 0 aromatic heterocycles. The highest BCUT2D eigenvalue weighted by molar-refractivity contribution is 6.03. The number of esters is 1. The molecule has 0 saturated heterocycles. The van der Waals surface area contributed by atoms with Crippen LogP contribution in [0.25, 0.3) is 0 Å². The molecule has 0 N–H and O–H groups in total. The molecule has 0 heterocycles. The number of ketones is 1. The lowest BCUT2D eigenvalue weighted by molar-refractivity contribution is -0.158. The average Bonchev–Trinajstić information content (AvgIpc) is 2.19. The van der Waals surface area contributed by atoms with E-state index in [4.69, 9.17) is 0 Å².